The van der Waals surface area contributed by atoms with Crippen molar-refractivity contribution in [3.05, 3.63) is 54.4 Å². The number of nitrogens with zero attached hydrogens (tertiary/aromatic N) is 6. The maximum atomic E-state index is 5.84. The number of ether oxygens (including phenoxy) is 1. The van der Waals surface area contributed by atoms with Gasteiger partial charge in [-0.05, 0) is 43.0 Å². The molecule has 10 nitrogen and oxygen atoms in total. The number of anilines is 3. The van der Waals surface area contributed by atoms with Gasteiger partial charge in [0, 0.05) is 18.5 Å². The van der Waals surface area contributed by atoms with E-state index in [0.29, 0.717) is 18.1 Å². The highest BCUT2D eigenvalue weighted by Crippen LogP contribution is 2.29. The minimum atomic E-state index is 0.0481. The van der Waals surface area contributed by atoms with Crippen molar-refractivity contribution in [1.82, 2.24) is 30.1 Å². The van der Waals surface area contributed by atoms with Crippen molar-refractivity contribution in [3.8, 4) is 23.1 Å². The molecular formula is C21H20N8O2. The van der Waals surface area contributed by atoms with Crippen LogP contribution in [0.3, 0.4) is 0 Å². The maximum absolute atomic E-state index is 5.84. The Kier molecular flexibility index (Phi) is 5.19. The molecule has 0 radical (unpaired) electrons. The van der Waals surface area contributed by atoms with Crippen LogP contribution in [0.25, 0.3) is 23.1 Å². The minimum absolute atomic E-state index is 0.0481. The van der Waals surface area contributed by atoms with Gasteiger partial charge < -0.3 is 20.3 Å². The van der Waals surface area contributed by atoms with Crippen molar-refractivity contribution >= 4 is 17.6 Å². The number of para-hydroxylation sites is 1. The Morgan fingerprint density at radius 3 is 2.65 bits per heavy atom. The number of rotatable bonds is 8. The van der Waals surface area contributed by atoms with Crippen LogP contribution in [-0.2, 0) is 11.3 Å². The summed E-state index contributed by atoms with van der Waals surface area (Å²) in [5.74, 6) is 1.79. The molecule has 156 valence electrons. The van der Waals surface area contributed by atoms with Crippen molar-refractivity contribution < 1.29 is 9.26 Å². The van der Waals surface area contributed by atoms with Crippen LogP contribution in [0.15, 0.2) is 53.2 Å². The molecule has 0 amide bonds. The summed E-state index contributed by atoms with van der Waals surface area (Å²) in [6, 6.07) is 13.2. The molecule has 3 aromatic heterocycles. The van der Waals surface area contributed by atoms with E-state index in [4.69, 9.17) is 15.0 Å². The fourth-order valence-electron chi connectivity index (χ4n) is 2.88. The Morgan fingerprint density at radius 2 is 1.87 bits per heavy atom. The van der Waals surface area contributed by atoms with Crippen molar-refractivity contribution in [1.29, 1.82) is 0 Å². The van der Waals surface area contributed by atoms with Crippen LogP contribution in [0.1, 0.15) is 18.5 Å². The Balaban J connectivity index is 1.30. The first-order valence-electron chi connectivity index (χ1n) is 9.94. The van der Waals surface area contributed by atoms with Gasteiger partial charge in [-0.2, -0.15) is 19.9 Å². The van der Waals surface area contributed by atoms with E-state index in [1.807, 2.05) is 42.5 Å². The summed E-state index contributed by atoms with van der Waals surface area (Å²) < 4.78 is 11.0. The molecule has 0 spiro atoms. The average molecular weight is 416 g/mol. The van der Waals surface area contributed by atoms with Crippen LogP contribution in [-0.4, -0.2) is 36.7 Å². The van der Waals surface area contributed by atoms with Gasteiger partial charge in [-0.25, -0.2) is 0 Å². The van der Waals surface area contributed by atoms with Gasteiger partial charge in [0.15, 0.2) is 0 Å². The minimum Gasteiger partial charge on any atom is -0.375 e. The van der Waals surface area contributed by atoms with E-state index >= 15 is 0 Å². The highest BCUT2D eigenvalue weighted by molar-refractivity contribution is 5.58. The molecule has 1 aliphatic rings. The molecule has 1 aromatic carbocycles. The second kappa shape index (κ2) is 8.44. The van der Waals surface area contributed by atoms with Crippen molar-refractivity contribution in [2.45, 2.75) is 19.4 Å². The fourth-order valence-corrected chi connectivity index (χ4v) is 2.88. The summed E-state index contributed by atoms with van der Waals surface area (Å²) >= 11 is 0. The smallest absolute Gasteiger partial charge is 0.259 e. The van der Waals surface area contributed by atoms with E-state index < -0.39 is 0 Å². The number of pyridine rings is 1. The SMILES string of the molecule is Nc1nc(Nc2ccccc2)nc(-c2noc(-c3ccc(COCC4CC4)nc3)n2)n1. The monoisotopic (exact) mass is 416 g/mol. The molecule has 3 heterocycles. The second-order valence-corrected chi connectivity index (χ2v) is 7.25. The predicted molar refractivity (Wildman–Crippen MR) is 113 cm³/mol. The van der Waals surface area contributed by atoms with Crippen LogP contribution in [0.2, 0.25) is 0 Å². The van der Waals surface area contributed by atoms with Crippen molar-refractivity contribution in [3.63, 3.8) is 0 Å². The molecule has 1 aliphatic carbocycles. The summed E-state index contributed by atoms with van der Waals surface area (Å²) in [7, 11) is 0. The molecule has 0 atom stereocenters. The summed E-state index contributed by atoms with van der Waals surface area (Å²) in [6.45, 7) is 1.29. The summed E-state index contributed by atoms with van der Waals surface area (Å²) in [5.41, 5.74) is 8.20. The third-order valence-electron chi connectivity index (χ3n) is 4.68. The van der Waals surface area contributed by atoms with E-state index in [9.17, 15) is 0 Å². The number of hydrogen-bond donors (Lipinski definition) is 2. The van der Waals surface area contributed by atoms with Gasteiger partial charge in [-0.1, -0.05) is 23.4 Å². The van der Waals surface area contributed by atoms with Crippen LogP contribution in [0.5, 0.6) is 0 Å². The standard InChI is InChI=1S/C21H20N8O2/c22-20-26-17(27-21(28-20)24-15-4-2-1-3-5-15)18-25-19(31-29-18)14-8-9-16(23-10-14)12-30-11-13-6-7-13/h1-5,8-10,13H,6-7,11-12H2,(H3,22,24,26,27,28). The van der Waals surface area contributed by atoms with Gasteiger partial charge in [0.1, 0.15) is 0 Å². The molecule has 3 N–H and O–H groups in total. The van der Waals surface area contributed by atoms with Crippen LogP contribution in [0.4, 0.5) is 17.6 Å². The van der Waals surface area contributed by atoms with Crippen LogP contribution >= 0.6 is 0 Å². The quantitative estimate of drug-likeness (QED) is 0.440. The molecular weight excluding hydrogens is 396 g/mol. The zero-order valence-electron chi connectivity index (χ0n) is 16.6. The van der Waals surface area contributed by atoms with E-state index in [2.05, 4.69) is 35.4 Å². The van der Waals surface area contributed by atoms with Crippen molar-refractivity contribution in [2.75, 3.05) is 17.7 Å². The number of benzene rings is 1. The lowest BCUT2D eigenvalue weighted by Gasteiger charge is -2.05. The molecule has 0 bridgehead atoms. The summed E-state index contributed by atoms with van der Waals surface area (Å²) in [5, 5.41) is 7.05. The van der Waals surface area contributed by atoms with E-state index in [-0.39, 0.29) is 23.5 Å². The highest BCUT2D eigenvalue weighted by atomic mass is 16.5. The number of nitrogens with two attached hydrogens (primary N) is 1. The van der Waals surface area contributed by atoms with Gasteiger partial charge in [-0.15, -0.1) is 0 Å². The molecule has 31 heavy (non-hydrogen) atoms. The Bertz CT molecular complexity index is 1160. The predicted octanol–water partition coefficient (Wildman–Crippen LogP) is 3.24. The van der Waals surface area contributed by atoms with Gasteiger partial charge in [-0.3, -0.25) is 4.98 Å². The molecule has 4 aromatic rings. The maximum Gasteiger partial charge on any atom is 0.259 e. The molecule has 0 unspecified atom stereocenters. The molecule has 10 heteroatoms. The molecule has 1 saturated carbocycles. The van der Waals surface area contributed by atoms with Gasteiger partial charge in [0.2, 0.25) is 23.5 Å². The Labute approximate surface area is 177 Å². The van der Waals surface area contributed by atoms with E-state index in [1.54, 1.807) is 6.20 Å². The third-order valence-corrected chi connectivity index (χ3v) is 4.68. The van der Waals surface area contributed by atoms with Gasteiger partial charge in [0.05, 0.1) is 17.9 Å². The lowest BCUT2D eigenvalue weighted by molar-refractivity contribution is 0.109. The van der Waals surface area contributed by atoms with Crippen LogP contribution < -0.4 is 11.1 Å². The number of nitrogen functional groups attached to an aromatic ring is 1. The fraction of sp³-hybridized carbons (Fsp3) is 0.238. The highest BCUT2D eigenvalue weighted by Gasteiger charge is 2.21. The zero-order valence-corrected chi connectivity index (χ0v) is 16.6. The number of aromatic nitrogens is 6. The lowest BCUT2D eigenvalue weighted by Crippen LogP contribution is -2.05. The largest absolute Gasteiger partial charge is 0.375 e. The zero-order chi connectivity index (χ0) is 21.0. The summed E-state index contributed by atoms with van der Waals surface area (Å²) in [6.07, 6.45) is 4.21. The first-order valence-corrected chi connectivity index (χ1v) is 9.94. The number of hydrogen-bond acceptors (Lipinski definition) is 10. The normalized spacial score (nSPS) is 13.3. The Morgan fingerprint density at radius 1 is 1.00 bits per heavy atom. The molecule has 1 fully saturated rings. The van der Waals surface area contributed by atoms with E-state index in [1.165, 1.54) is 12.8 Å². The summed E-state index contributed by atoms with van der Waals surface area (Å²) in [4.78, 5) is 21.3. The topological polar surface area (TPSA) is 138 Å². The molecule has 5 rings (SSSR count). The van der Waals surface area contributed by atoms with Gasteiger partial charge >= 0.3 is 0 Å². The lowest BCUT2D eigenvalue weighted by atomic mass is 10.2. The number of nitrogens with one attached hydrogen (secondary N) is 1. The Hall–Kier alpha value is -3.92. The third kappa shape index (κ3) is 4.81. The average Bonchev–Trinajstić information content (AvgIpc) is 3.47. The second-order valence-electron chi connectivity index (χ2n) is 7.25. The molecule has 0 aliphatic heterocycles. The first-order chi connectivity index (χ1) is 15.2. The van der Waals surface area contributed by atoms with Crippen LogP contribution in [0, 0.1) is 5.92 Å². The van der Waals surface area contributed by atoms with Gasteiger partial charge in [0.25, 0.3) is 5.89 Å². The first kappa shape index (κ1) is 19.1. The van der Waals surface area contributed by atoms with E-state index in [0.717, 1.165) is 23.9 Å². The van der Waals surface area contributed by atoms with Crippen molar-refractivity contribution in [2.24, 2.45) is 5.92 Å². The molecule has 0 saturated heterocycles.